The Hall–Kier alpha value is -2.13. The van der Waals surface area contributed by atoms with Crippen molar-refractivity contribution in [3.8, 4) is 11.5 Å². The van der Waals surface area contributed by atoms with E-state index in [-0.39, 0.29) is 16.7 Å². The van der Waals surface area contributed by atoms with E-state index in [0.717, 1.165) is 18.5 Å². The van der Waals surface area contributed by atoms with Gasteiger partial charge in [0.15, 0.2) is 11.5 Å². The highest BCUT2D eigenvalue weighted by Crippen LogP contribution is 2.35. The number of morpholine rings is 1. The summed E-state index contributed by atoms with van der Waals surface area (Å²) in [5.74, 6) is -1.56. The monoisotopic (exact) mass is 523 g/mol. The van der Waals surface area contributed by atoms with Crippen LogP contribution in [0.5, 0.6) is 11.5 Å². The molecule has 7 nitrogen and oxygen atoms in total. The molecule has 9 heteroatoms. The number of rotatable bonds is 8. The summed E-state index contributed by atoms with van der Waals surface area (Å²) in [6.45, 7) is -23.8. The zero-order valence-electron chi connectivity index (χ0n) is 32.3. The van der Waals surface area contributed by atoms with E-state index >= 15 is 0 Å². The highest BCUT2D eigenvalue weighted by Gasteiger charge is 2.13. The van der Waals surface area contributed by atoms with E-state index in [1.807, 2.05) is 0 Å². The molecule has 1 N–H and O–H groups in total. The molecule has 0 radical (unpaired) electrons. The lowest BCUT2D eigenvalue weighted by molar-refractivity contribution is 0.0357. The SMILES string of the molecule is [2H]C([2H])([2H])Oc1cc2ncnc(Nc3ccc(Br)c(Cl)c3)c2cc1OC([2H])([2H])C([2H])([2H])C([2H])([2H])N1C([2H])([2H])C([2H])([2H])OC([2H])([2H])C1([2H])[2H]. The lowest BCUT2D eigenvalue weighted by Crippen LogP contribution is -2.37. The Morgan fingerprint density at radius 3 is 2.97 bits per heavy atom. The maximum atomic E-state index is 8.50. The molecule has 4 rings (SSSR count). The van der Waals surface area contributed by atoms with E-state index < -0.39 is 69.0 Å². The maximum absolute atomic E-state index is 8.50. The summed E-state index contributed by atoms with van der Waals surface area (Å²) in [4.78, 5) is 7.40. The number of ether oxygens (including phenoxy) is 3. The predicted octanol–water partition coefficient (Wildman–Crippen LogP) is 4.90. The number of fused-ring (bicyclic) bond motifs is 1. The van der Waals surface area contributed by atoms with Crippen molar-refractivity contribution in [1.82, 2.24) is 14.9 Å². The number of nitrogens with zero attached hydrogens (tertiary/aromatic N) is 3. The first-order valence-electron chi connectivity index (χ1n) is 16.9. The van der Waals surface area contributed by atoms with Gasteiger partial charge >= 0.3 is 0 Å². The molecule has 31 heavy (non-hydrogen) atoms. The normalized spacial score (nSPS) is 31.0. The van der Waals surface area contributed by atoms with Crippen LogP contribution in [0.3, 0.4) is 0 Å². The van der Waals surface area contributed by atoms with Crippen LogP contribution in [0.15, 0.2) is 41.1 Å². The van der Waals surface area contributed by atoms with Crippen LogP contribution in [-0.2, 0) is 4.74 Å². The van der Waals surface area contributed by atoms with Gasteiger partial charge in [-0.1, -0.05) is 11.6 Å². The van der Waals surface area contributed by atoms with Crippen molar-refractivity contribution in [2.24, 2.45) is 0 Å². The quantitative estimate of drug-likeness (QED) is 0.449. The molecule has 0 aliphatic carbocycles. The lowest BCUT2D eigenvalue weighted by Gasteiger charge is -2.26. The molecule has 0 unspecified atom stereocenters. The Morgan fingerprint density at radius 2 is 2.16 bits per heavy atom. The van der Waals surface area contributed by atoms with Crippen molar-refractivity contribution >= 4 is 49.9 Å². The first-order chi connectivity index (χ1) is 21.5. The minimum absolute atomic E-state index is 0.0142. The summed E-state index contributed by atoms with van der Waals surface area (Å²) in [5, 5.41) is 3.27. The maximum Gasteiger partial charge on any atom is 0.162 e. The van der Waals surface area contributed by atoms with E-state index in [9.17, 15) is 0 Å². The van der Waals surface area contributed by atoms with Crippen LogP contribution in [-0.4, -0.2) is 61.1 Å². The van der Waals surface area contributed by atoms with Gasteiger partial charge in [-0.25, -0.2) is 9.97 Å². The minimum Gasteiger partial charge on any atom is -0.493 e. The van der Waals surface area contributed by atoms with Crippen LogP contribution in [0.25, 0.3) is 10.9 Å². The molecule has 1 fully saturated rings. The zero-order chi connectivity index (χ0) is 36.7. The van der Waals surface area contributed by atoms with Gasteiger partial charge in [-0.15, -0.1) is 0 Å². The smallest absolute Gasteiger partial charge is 0.162 e. The molecule has 2 aromatic carbocycles. The average molecular weight is 525 g/mol. The first-order valence-corrected chi connectivity index (χ1v) is 9.55. The average Bonchev–Trinajstić information content (AvgIpc) is 2.88. The Balaban J connectivity index is 1.86. The van der Waals surface area contributed by atoms with Crippen LogP contribution < -0.4 is 14.8 Å². The summed E-state index contributed by atoms with van der Waals surface area (Å²) in [6, 6.07) is 6.68. The lowest BCUT2D eigenvalue weighted by atomic mass is 10.2. The number of benzene rings is 2. The van der Waals surface area contributed by atoms with E-state index in [1.54, 1.807) is 12.1 Å². The van der Waals surface area contributed by atoms with Crippen LogP contribution in [0.1, 0.15) is 29.7 Å². The molecule has 164 valence electrons. The number of hydrogen-bond acceptors (Lipinski definition) is 7. The summed E-state index contributed by atoms with van der Waals surface area (Å²) in [7, 11) is -3.19. The van der Waals surface area contributed by atoms with E-state index in [0.29, 0.717) is 15.2 Å². The van der Waals surface area contributed by atoms with Gasteiger partial charge in [-0.05, 0) is 46.6 Å². The minimum atomic E-state index is -4.27. The molecule has 1 aromatic heterocycles. The Kier molecular flexibility index (Phi) is 3.17. The van der Waals surface area contributed by atoms with E-state index in [2.05, 4.69) is 36.0 Å². The van der Waals surface area contributed by atoms with Crippen LogP contribution in [0.2, 0.25) is 5.02 Å². The summed E-state index contributed by atoms with van der Waals surface area (Å²) >= 11 is 9.42. The van der Waals surface area contributed by atoms with Crippen LogP contribution >= 0.6 is 27.5 Å². The number of anilines is 2. The highest BCUT2D eigenvalue weighted by atomic mass is 79.9. The molecular formula is C22H24BrClN4O3. The molecule has 0 spiro atoms. The molecule has 0 bridgehead atoms. The van der Waals surface area contributed by atoms with Crippen molar-refractivity contribution in [1.29, 1.82) is 0 Å². The van der Waals surface area contributed by atoms with Gasteiger partial charge in [-0.2, -0.15) is 0 Å². The Morgan fingerprint density at radius 1 is 1.29 bits per heavy atom. The molecule has 1 aliphatic heterocycles. The largest absolute Gasteiger partial charge is 0.493 e. The third kappa shape index (κ3) is 5.57. The number of nitrogens with one attached hydrogen (secondary N) is 1. The molecule has 0 saturated carbocycles. The predicted molar refractivity (Wildman–Crippen MR) is 126 cm³/mol. The van der Waals surface area contributed by atoms with Gasteiger partial charge in [0.25, 0.3) is 0 Å². The van der Waals surface area contributed by atoms with Crippen molar-refractivity contribution in [3.05, 3.63) is 46.2 Å². The number of halogens is 2. The fourth-order valence-electron chi connectivity index (χ4n) is 2.44. The van der Waals surface area contributed by atoms with Gasteiger partial charge < -0.3 is 19.5 Å². The highest BCUT2D eigenvalue weighted by molar-refractivity contribution is 9.10. The molecule has 1 saturated heterocycles. The van der Waals surface area contributed by atoms with Crippen molar-refractivity contribution < 1.29 is 37.5 Å². The van der Waals surface area contributed by atoms with Crippen molar-refractivity contribution in [2.45, 2.75) is 6.37 Å². The topological polar surface area (TPSA) is 68.7 Å². The fraction of sp³-hybridized carbons (Fsp3) is 0.364. The summed E-state index contributed by atoms with van der Waals surface area (Å²) < 4.78 is 153. The second-order valence-electron chi connectivity index (χ2n) is 5.70. The number of methoxy groups -OCH3 is 1. The van der Waals surface area contributed by atoms with Gasteiger partial charge in [-0.3, -0.25) is 4.90 Å². The van der Waals surface area contributed by atoms with Gasteiger partial charge in [0.05, 0.1) is 49.6 Å². The molecule has 0 amide bonds. The second kappa shape index (κ2) is 10.5. The van der Waals surface area contributed by atoms with Crippen LogP contribution in [0, 0.1) is 0 Å². The Bertz CT molecular complexity index is 1700. The van der Waals surface area contributed by atoms with E-state index in [1.165, 1.54) is 6.07 Å². The second-order valence-corrected chi connectivity index (χ2v) is 6.96. The van der Waals surface area contributed by atoms with Gasteiger partial charge in [0.1, 0.15) is 12.1 Å². The van der Waals surface area contributed by atoms with E-state index in [4.69, 9.17) is 44.4 Å². The third-order valence-corrected chi connectivity index (χ3v) is 5.02. The van der Waals surface area contributed by atoms with Gasteiger partial charge in [0.2, 0.25) is 0 Å². The number of aromatic nitrogens is 2. The third-order valence-electron chi connectivity index (χ3n) is 3.79. The summed E-state index contributed by atoms with van der Waals surface area (Å²) in [5.41, 5.74) is 0.419. The molecule has 1 aliphatic rings. The molecular weight excluding hydrogens is 484 g/mol. The molecule has 3 aromatic rings. The first kappa shape index (κ1) is 9.39. The van der Waals surface area contributed by atoms with Crippen LogP contribution in [0.4, 0.5) is 11.5 Å². The number of hydrogen-bond donors (Lipinski definition) is 1. The van der Waals surface area contributed by atoms with Crippen molar-refractivity contribution in [2.75, 3.05) is 51.5 Å². The Labute approximate surface area is 218 Å². The zero-order valence-corrected chi connectivity index (χ0v) is 17.6. The summed E-state index contributed by atoms with van der Waals surface area (Å²) in [6.07, 6.45) is -3.11. The molecule has 0 atom stereocenters. The molecule has 2 heterocycles. The van der Waals surface area contributed by atoms with Crippen molar-refractivity contribution in [3.63, 3.8) is 0 Å². The fourth-order valence-corrected chi connectivity index (χ4v) is 2.87. The standard InChI is InChI=1S/C22H24BrClN4O3/c1-29-20-13-19-16(12-21(20)31-8-2-5-28-6-9-30-10-7-28)22(26-14-25-19)27-15-3-4-17(23)18(24)11-15/h3-4,11-14H,2,5-10H2,1H3,(H,25,26,27)/i1D3,2D2,5D2,6D2,7D2,8D2,9D2,10D2. The van der Waals surface area contributed by atoms with Gasteiger partial charge in [0, 0.05) is 52.1 Å².